The molecule has 6 rings (SSSR count). The van der Waals surface area contributed by atoms with Gasteiger partial charge in [0.05, 0.1) is 17.1 Å². The molecule has 30 heavy (non-hydrogen) atoms. The minimum atomic E-state index is -0.601. The van der Waals surface area contributed by atoms with E-state index in [1.54, 1.807) is 6.20 Å². The van der Waals surface area contributed by atoms with Gasteiger partial charge < -0.3 is 9.88 Å². The van der Waals surface area contributed by atoms with Crippen LogP contribution in [0.1, 0.15) is 29.0 Å². The Morgan fingerprint density at radius 2 is 1.90 bits per heavy atom. The molecule has 3 aliphatic rings. The Labute approximate surface area is 172 Å². The lowest BCUT2D eigenvalue weighted by atomic mass is 9.88. The molecule has 0 saturated carbocycles. The molecule has 4 heterocycles. The Morgan fingerprint density at radius 1 is 1.03 bits per heavy atom. The molecule has 0 saturated heterocycles. The van der Waals surface area contributed by atoms with Gasteiger partial charge in [-0.2, -0.15) is 0 Å². The number of Topliss-reactive ketones (excluding diaryl/α,β-unsaturated/α-hetero) is 1. The largest absolute Gasteiger partial charge is 0.370 e. The molecule has 0 aliphatic carbocycles. The minimum Gasteiger partial charge on any atom is -0.370 e. The lowest BCUT2D eigenvalue weighted by Crippen LogP contribution is -2.30. The van der Waals surface area contributed by atoms with Crippen LogP contribution in [0.25, 0.3) is 16.5 Å². The normalized spacial score (nSPS) is 20.1. The molecule has 0 spiro atoms. The fraction of sp³-hybridized carbons (Fsp3) is 0.208. The first-order chi connectivity index (χ1) is 14.6. The summed E-state index contributed by atoms with van der Waals surface area (Å²) >= 11 is 0. The highest BCUT2D eigenvalue weighted by atomic mass is 16.2. The van der Waals surface area contributed by atoms with Crippen LogP contribution in [0.2, 0.25) is 0 Å². The number of nitrogens with one attached hydrogen (secondary N) is 2. The van der Waals surface area contributed by atoms with Gasteiger partial charge in [0.15, 0.2) is 5.78 Å². The highest BCUT2D eigenvalue weighted by molar-refractivity contribution is 6.46. The number of para-hydroxylation sites is 2. The lowest BCUT2D eigenvalue weighted by molar-refractivity contribution is -0.125. The zero-order chi connectivity index (χ0) is 20.4. The predicted octanol–water partition coefficient (Wildman–Crippen LogP) is 2.70. The van der Waals surface area contributed by atoms with E-state index in [1.807, 2.05) is 36.4 Å². The minimum absolute atomic E-state index is 0.0211. The monoisotopic (exact) mass is 397 g/mol. The number of hydrogen-bond donors (Lipinski definition) is 2. The number of ketones is 1. The van der Waals surface area contributed by atoms with Gasteiger partial charge in [0.25, 0.3) is 11.8 Å². The van der Waals surface area contributed by atoms with Crippen LogP contribution in [0.4, 0.5) is 5.69 Å². The number of aromatic amines is 1. The maximum Gasteiger partial charge on any atom is 0.262 e. The van der Waals surface area contributed by atoms with Gasteiger partial charge in [-0.1, -0.05) is 36.4 Å². The van der Waals surface area contributed by atoms with Crippen LogP contribution >= 0.6 is 0 Å². The zero-order valence-corrected chi connectivity index (χ0v) is 16.2. The number of rotatable bonds is 3. The number of amides is 2. The van der Waals surface area contributed by atoms with Crippen molar-refractivity contribution in [3.8, 4) is 0 Å². The van der Waals surface area contributed by atoms with Gasteiger partial charge in [-0.3, -0.25) is 19.7 Å². The summed E-state index contributed by atoms with van der Waals surface area (Å²) in [6.45, 7) is 1.46. The Balaban J connectivity index is 1.51. The third kappa shape index (κ3) is 2.27. The van der Waals surface area contributed by atoms with Crippen molar-refractivity contribution in [2.24, 2.45) is 0 Å². The third-order valence-corrected chi connectivity index (χ3v) is 6.47. The topological polar surface area (TPSA) is 82.3 Å². The van der Waals surface area contributed by atoms with Crippen LogP contribution in [0, 0.1) is 0 Å². The third-order valence-electron chi connectivity index (χ3n) is 6.47. The average molecular weight is 397 g/mol. The summed E-state index contributed by atoms with van der Waals surface area (Å²) in [5, 5.41) is 3.16. The molecular formula is C24H19N3O3. The molecule has 3 aromatic rings. The zero-order valence-electron chi connectivity index (χ0n) is 16.2. The number of fused-ring (bicyclic) bond motifs is 1. The van der Waals surface area contributed by atoms with Crippen LogP contribution in [-0.2, 0) is 20.8 Å². The van der Waals surface area contributed by atoms with Gasteiger partial charge in [-0.15, -0.1) is 0 Å². The average Bonchev–Trinajstić information content (AvgIpc) is 3.42. The fourth-order valence-electron chi connectivity index (χ4n) is 5.18. The first-order valence-corrected chi connectivity index (χ1v) is 10.2. The van der Waals surface area contributed by atoms with E-state index in [4.69, 9.17) is 0 Å². The van der Waals surface area contributed by atoms with E-state index in [-0.39, 0.29) is 16.9 Å². The molecule has 0 fully saturated rings. The van der Waals surface area contributed by atoms with E-state index in [1.165, 1.54) is 5.56 Å². The molecule has 6 heteroatoms. The van der Waals surface area contributed by atoms with Gasteiger partial charge in [0.2, 0.25) is 0 Å². The van der Waals surface area contributed by atoms with Crippen molar-refractivity contribution in [3.63, 3.8) is 0 Å². The molecule has 0 bridgehead atoms. The molecule has 1 atom stereocenters. The highest BCUT2D eigenvalue weighted by Gasteiger charge is 2.43. The lowest BCUT2D eigenvalue weighted by Gasteiger charge is -2.26. The molecule has 2 N–H and O–H groups in total. The van der Waals surface area contributed by atoms with Crippen LogP contribution in [0.5, 0.6) is 0 Å². The van der Waals surface area contributed by atoms with Gasteiger partial charge in [-0.25, -0.2) is 0 Å². The Kier molecular flexibility index (Phi) is 3.53. The first-order valence-electron chi connectivity index (χ1n) is 10.2. The van der Waals surface area contributed by atoms with Crippen molar-refractivity contribution in [1.82, 2.24) is 10.3 Å². The standard InChI is InChI=1S/C24H19N3O3/c28-22(17-12-27-10-4-6-13-5-3-8-15(17)21(13)27)20-19(23(29)26-24(20)30)16-11-25-18-9-2-1-7-14(16)18/h1-3,5,7-9,11,17,25H,4,6,10,12H2,(H,26,29,30). The van der Waals surface area contributed by atoms with Crippen LogP contribution in [0.15, 0.2) is 54.2 Å². The Bertz CT molecular complexity index is 1300. The van der Waals surface area contributed by atoms with E-state index in [0.29, 0.717) is 12.1 Å². The molecule has 2 amide bonds. The maximum absolute atomic E-state index is 13.7. The van der Waals surface area contributed by atoms with E-state index >= 15 is 0 Å². The second-order valence-corrected chi connectivity index (χ2v) is 8.10. The summed E-state index contributed by atoms with van der Waals surface area (Å²) in [6, 6.07) is 13.6. The predicted molar refractivity (Wildman–Crippen MR) is 113 cm³/mol. The van der Waals surface area contributed by atoms with E-state index in [9.17, 15) is 14.4 Å². The number of nitrogens with zero attached hydrogens (tertiary/aromatic N) is 1. The van der Waals surface area contributed by atoms with E-state index < -0.39 is 17.7 Å². The molecule has 148 valence electrons. The quantitative estimate of drug-likeness (QED) is 0.526. The number of anilines is 1. The molecule has 1 aromatic heterocycles. The summed E-state index contributed by atoms with van der Waals surface area (Å²) in [5.74, 6) is -1.83. The van der Waals surface area contributed by atoms with E-state index in [2.05, 4.69) is 21.3 Å². The molecule has 3 aliphatic heterocycles. The summed E-state index contributed by atoms with van der Waals surface area (Å²) in [5.41, 5.74) is 4.96. The molecule has 0 radical (unpaired) electrons. The number of aryl methyl sites for hydroxylation is 1. The number of imide groups is 1. The molecule has 1 unspecified atom stereocenters. The second-order valence-electron chi connectivity index (χ2n) is 8.10. The fourth-order valence-corrected chi connectivity index (χ4v) is 5.18. The number of H-pyrrole nitrogens is 1. The number of benzene rings is 2. The summed E-state index contributed by atoms with van der Waals surface area (Å²) in [7, 11) is 0. The molecule has 2 aromatic carbocycles. The smallest absolute Gasteiger partial charge is 0.262 e. The summed E-state index contributed by atoms with van der Waals surface area (Å²) in [6.07, 6.45) is 3.76. The van der Waals surface area contributed by atoms with Gasteiger partial charge in [0.1, 0.15) is 0 Å². The Hall–Kier alpha value is -3.67. The SMILES string of the molecule is O=C1NC(=O)C(c2c[nH]c3ccccc23)=C1C(=O)C1CN2CCCc3cccc1c32. The second kappa shape index (κ2) is 6.16. The van der Waals surface area contributed by atoms with Crippen LogP contribution in [-0.4, -0.2) is 35.7 Å². The van der Waals surface area contributed by atoms with Crippen molar-refractivity contribution in [1.29, 1.82) is 0 Å². The molecule has 6 nitrogen and oxygen atoms in total. The van der Waals surface area contributed by atoms with Gasteiger partial charge >= 0.3 is 0 Å². The van der Waals surface area contributed by atoms with Crippen molar-refractivity contribution < 1.29 is 14.4 Å². The molecular weight excluding hydrogens is 378 g/mol. The number of aromatic nitrogens is 1. The summed E-state index contributed by atoms with van der Waals surface area (Å²) < 4.78 is 0. The van der Waals surface area contributed by atoms with Gasteiger partial charge in [0, 0.05) is 41.4 Å². The van der Waals surface area contributed by atoms with Crippen molar-refractivity contribution >= 4 is 39.8 Å². The van der Waals surface area contributed by atoms with Crippen LogP contribution < -0.4 is 10.2 Å². The number of carbonyl (C=O) groups is 3. The Morgan fingerprint density at radius 3 is 2.80 bits per heavy atom. The van der Waals surface area contributed by atoms with Gasteiger partial charge in [-0.05, 0) is 30.0 Å². The van der Waals surface area contributed by atoms with E-state index in [0.717, 1.165) is 41.5 Å². The van der Waals surface area contributed by atoms with Crippen molar-refractivity contribution in [3.05, 3.63) is 70.9 Å². The summed E-state index contributed by atoms with van der Waals surface area (Å²) in [4.78, 5) is 44.5. The van der Waals surface area contributed by atoms with Crippen molar-refractivity contribution in [2.45, 2.75) is 18.8 Å². The van der Waals surface area contributed by atoms with Crippen molar-refractivity contribution in [2.75, 3.05) is 18.0 Å². The number of carbonyl (C=O) groups excluding carboxylic acids is 3. The van der Waals surface area contributed by atoms with Crippen LogP contribution in [0.3, 0.4) is 0 Å². The number of hydrogen-bond acceptors (Lipinski definition) is 4. The first kappa shape index (κ1) is 17.2. The highest BCUT2D eigenvalue weighted by Crippen LogP contribution is 2.44. The maximum atomic E-state index is 13.7.